The van der Waals surface area contributed by atoms with Crippen molar-refractivity contribution in [2.24, 2.45) is 5.92 Å². The SMILES string of the molecule is O=C(O)C(CNC1CCCC1)Cc1ccco1. The summed E-state index contributed by atoms with van der Waals surface area (Å²) < 4.78 is 5.19. The number of hydrogen-bond donors (Lipinski definition) is 2. The van der Waals surface area contributed by atoms with E-state index in [1.807, 2.05) is 6.07 Å². The summed E-state index contributed by atoms with van der Waals surface area (Å²) in [6.07, 6.45) is 6.90. The Hall–Kier alpha value is -1.29. The molecule has 2 N–H and O–H groups in total. The zero-order chi connectivity index (χ0) is 12.1. The molecule has 94 valence electrons. The van der Waals surface area contributed by atoms with Crippen molar-refractivity contribution in [2.75, 3.05) is 6.54 Å². The van der Waals surface area contributed by atoms with Gasteiger partial charge in [0.2, 0.25) is 0 Å². The summed E-state index contributed by atoms with van der Waals surface area (Å²) in [4.78, 5) is 11.1. The fraction of sp³-hybridized carbons (Fsp3) is 0.615. The predicted octanol–water partition coefficient (Wildman–Crippen LogP) is 2.06. The first-order valence-electron chi connectivity index (χ1n) is 6.24. The van der Waals surface area contributed by atoms with E-state index < -0.39 is 11.9 Å². The summed E-state index contributed by atoms with van der Waals surface area (Å²) in [5.74, 6) is -0.417. The van der Waals surface area contributed by atoms with Crippen molar-refractivity contribution in [3.63, 3.8) is 0 Å². The molecule has 0 spiro atoms. The van der Waals surface area contributed by atoms with Gasteiger partial charge < -0.3 is 14.8 Å². The Morgan fingerprint density at radius 1 is 1.53 bits per heavy atom. The van der Waals surface area contributed by atoms with Crippen LogP contribution in [0.15, 0.2) is 22.8 Å². The Morgan fingerprint density at radius 2 is 2.29 bits per heavy atom. The van der Waals surface area contributed by atoms with E-state index in [2.05, 4.69) is 5.32 Å². The number of aliphatic carboxylic acids is 1. The Morgan fingerprint density at radius 3 is 2.88 bits per heavy atom. The Kier molecular flexibility index (Phi) is 4.20. The molecular formula is C13H19NO3. The van der Waals surface area contributed by atoms with Crippen LogP contribution in [0.5, 0.6) is 0 Å². The van der Waals surface area contributed by atoms with Crippen LogP contribution in [0, 0.1) is 5.92 Å². The molecule has 4 heteroatoms. The number of carbonyl (C=O) groups is 1. The molecule has 1 unspecified atom stereocenters. The molecule has 1 aromatic rings. The van der Waals surface area contributed by atoms with E-state index in [-0.39, 0.29) is 0 Å². The number of carboxylic acid groups (broad SMARTS) is 1. The normalized spacial score (nSPS) is 18.4. The second-order valence-corrected chi connectivity index (χ2v) is 4.71. The summed E-state index contributed by atoms with van der Waals surface area (Å²) in [7, 11) is 0. The summed E-state index contributed by atoms with van der Waals surface area (Å²) >= 11 is 0. The van der Waals surface area contributed by atoms with E-state index in [1.54, 1.807) is 12.3 Å². The summed E-state index contributed by atoms with van der Waals surface area (Å²) in [6.45, 7) is 0.528. The third-order valence-electron chi connectivity index (χ3n) is 3.39. The molecule has 1 aromatic heterocycles. The Labute approximate surface area is 101 Å². The third-order valence-corrected chi connectivity index (χ3v) is 3.39. The lowest BCUT2D eigenvalue weighted by atomic mass is 10.0. The van der Waals surface area contributed by atoms with Crippen LogP contribution in [0.25, 0.3) is 0 Å². The van der Waals surface area contributed by atoms with Gasteiger partial charge in [0.25, 0.3) is 0 Å². The van der Waals surface area contributed by atoms with Crippen LogP contribution in [0.1, 0.15) is 31.4 Å². The maximum absolute atomic E-state index is 11.1. The van der Waals surface area contributed by atoms with Crippen LogP contribution in [0.4, 0.5) is 0 Å². The molecule has 1 aliphatic carbocycles. The lowest BCUT2D eigenvalue weighted by Gasteiger charge is -2.16. The number of furan rings is 1. The van der Waals surface area contributed by atoms with Crippen LogP contribution < -0.4 is 5.32 Å². The summed E-state index contributed by atoms with van der Waals surface area (Å²) in [6, 6.07) is 4.12. The van der Waals surface area contributed by atoms with Crippen molar-refractivity contribution in [2.45, 2.75) is 38.1 Å². The molecule has 1 atom stereocenters. The molecule has 0 radical (unpaired) electrons. The smallest absolute Gasteiger partial charge is 0.308 e. The molecular weight excluding hydrogens is 218 g/mol. The topological polar surface area (TPSA) is 62.5 Å². The first kappa shape index (κ1) is 12.2. The minimum absolute atomic E-state index is 0.401. The van der Waals surface area contributed by atoms with E-state index >= 15 is 0 Å². The Balaban J connectivity index is 1.82. The van der Waals surface area contributed by atoms with Crippen molar-refractivity contribution in [3.8, 4) is 0 Å². The van der Waals surface area contributed by atoms with Crippen LogP contribution in [-0.2, 0) is 11.2 Å². The van der Waals surface area contributed by atoms with Gasteiger partial charge in [0, 0.05) is 19.0 Å². The van der Waals surface area contributed by atoms with Crippen LogP contribution >= 0.6 is 0 Å². The van der Waals surface area contributed by atoms with Gasteiger partial charge in [-0.3, -0.25) is 4.79 Å². The lowest BCUT2D eigenvalue weighted by molar-refractivity contribution is -0.141. The Bertz CT molecular complexity index is 342. The largest absolute Gasteiger partial charge is 0.481 e. The first-order chi connectivity index (χ1) is 8.25. The van der Waals surface area contributed by atoms with E-state index in [4.69, 9.17) is 9.52 Å². The van der Waals surface area contributed by atoms with Gasteiger partial charge in [-0.15, -0.1) is 0 Å². The van der Waals surface area contributed by atoms with Gasteiger partial charge in [-0.2, -0.15) is 0 Å². The van der Waals surface area contributed by atoms with E-state index in [9.17, 15) is 4.79 Å². The number of carboxylic acids is 1. The second-order valence-electron chi connectivity index (χ2n) is 4.71. The highest BCUT2D eigenvalue weighted by Crippen LogP contribution is 2.18. The first-order valence-corrected chi connectivity index (χ1v) is 6.24. The van der Waals surface area contributed by atoms with Crippen molar-refractivity contribution < 1.29 is 14.3 Å². The van der Waals surface area contributed by atoms with Gasteiger partial charge in [0.1, 0.15) is 5.76 Å². The van der Waals surface area contributed by atoms with Gasteiger partial charge in [-0.25, -0.2) is 0 Å². The molecule has 1 fully saturated rings. The van der Waals surface area contributed by atoms with Crippen LogP contribution in [0.3, 0.4) is 0 Å². The van der Waals surface area contributed by atoms with E-state index in [0.717, 1.165) is 5.76 Å². The second kappa shape index (κ2) is 5.87. The molecule has 0 aliphatic heterocycles. The van der Waals surface area contributed by atoms with Gasteiger partial charge in [-0.1, -0.05) is 12.8 Å². The standard InChI is InChI=1S/C13H19NO3/c15-13(16)10(8-12-6-3-7-17-12)9-14-11-4-1-2-5-11/h3,6-7,10-11,14H,1-2,4-5,8-9H2,(H,15,16). The van der Waals surface area contributed by atoms with Gasteiger partial charge >= 0.3 is 5.97 Å². The zero-order valence-electron chi connectivity index (χ0n) is 9.89. The van der Waals surface area contributed by atoms with Crippen LogP contribution in [0.2, 0.25) is 0 Å². The van der Waals surface area contributed by atoms with Gasteiger partial charge in [-0.05, 0) is 25.0 Å². The van der Waals surface area contributed by atoms with E-state index in [1.165, 1.54) is 25.7 Å². The minimum atomic E-state index is -0.758. The minimum Gasteiger partial charge on any atom is -0.481 e. The molecule has 2 rings (SSSR count). The van der Waals surface area contributed by atoms with E-state index in [0.29, 0.717) is 19.0 Å². The fourth-order valence-corrected chi connectivity index (χ4v) is 2.36. The molecule has 17 heavy (non-hydrogen) atoms. The molecule has 0 bridgehead atoms. The maximum Gasteiger partial charge on any atom is 0.308 e. The summed E-state index contributed by atoms with van der Waals surface area (Å²) in [5, 5.41) is 12.5. The number of hydrogen-bond acceptors (Lipinski definition) is 3. The van der Waals surface area contributed by atoms with Gasteiger partial charge in [0.15, 0.2) is 0 Å². The molecule has 4 nitrogen and oxygen atoms in total. The molecule has 1 heterocycles. The molecule has 0 saturated heterocycles. The average molecular weight is 237 g/mol. The highest BCUT2D eigenvalue weighted by atomic mass is 16.4. The van der Waals surface area contributed by atoms with Crippen molar-refractivity contribution in [1.82, 2.24) is 5.32 Å². The van der Waals surface area contributed by atoms with Crippen LogP contribution in [-0.4, -0.2) is 23.7 Å². The van der Waals surface area contributed by atoms with Crippen molar-refractivity contribution in [1.29, 1.82) is 0 Å². The number of rotatable bonds is 6. The highest BCUT2D eigenvalue weighted by Gasteiger charge is 2.22. The highest BCUT2D eigenvalue weighted by molar-refractivity contribution is 5.70. The quantitative estimate of drug-likeness (QED) is 0.795. The van der Waals surface area contributed by atoms with Gasteiger partial charge in [0.05, 0.1) is 12.2 Å². The molecule has 1 saturated carbocycles. The molecule has 0 amide bonds. The maximum atomic E-state index is 11.1. The zero-order valence-corrected chi connectivity index (χ0v) is 9.89. The number of nitrogens with one attached hydrogen (secondary N) is 1. The fourth-order valence-electron chi connectivity index (χ4n) is 2.36. The monoisotopic (exact) mass is 237 g/mol. The average Bonchev–Trinajstić information content (AvgIpc) is 2.97. The molecule has 0 aromatic carbocycles. The predicted molar refractivity (Wildman–Crippen MR) is 63.8 cm³/mol. The van der Waals surface area contributed by atoms with Crippen molar-refractivity contribution in [3.05, 3.63) is 24.2 Å². The van der Waals surface area contributed by atoms with Crippen molar-refractivity contribution >= 4 is 5.97 Å². The third kappa shape index (κ3) is 3.60. The summed E-state index contributed by atoms with van der Waals surface area (Å²) in [5.41, 5.74) is 0. The lowest BCUT2D eigenvalue weighted by Crippen LogP contribution is -2.35. The molecule has 1 aliphatic rings.